The van der Waals surface area contributed by atoms with Crippen molar-refractivity contribution < 1.29 is 32.6 Å². The van der Waals surface area contributed by atoms with Crippen LogP contribution < -0.4 is 5.32 Å². The van der Waals surface area contributed by atoms with Crippen molar-refractivity contribution in [3.63, 3.8) is 0 Å². The molecule has 3 aliphatic rings. The van der Waals surface area contributed by atoms with Gasteiger partial charge >= 0.3 is 12.3 Å². The molecule has 0 aromatic carbocycles. The van der Waals surface area contributed by atoms with E-state index in [2.05, 4.69) is 5.32 Å². The number of hydrogen-bond acceptors (Lipinski definition) is 4. The number of fused-ring (bicyclic) bond motifs is 3. The number of nitrogens with zero attached hydrogens (tertiary/aromatic N) is 1. The molecule has 2 N–H and O–H groups in total. The summed E-state index contributed by atoms with van der Waals surface area (Å²) in [5, 5.41) is 12.0. The Balaban J connectivity index is 2.23. The fraction of sp³-hybridized carbons (Fsp3) is 0.895. The minimum absolute atomic E-state index is 0.131. The molecule has 0 aromatic heterocycles. The predicted molar refractivity (Wildman–Crippen MR) is 96.4 cm³/mol. The Hall–Kier alpha value is -1.51. The van der Waals surface area contributed by atoms with Crippen molar-refractivity contribution in [2.75, 3.05) is 0 Å². The second-order valence-electron chi connectivity index (χ2n) is 9.17. The second-order valence-corrected chi connectivity index (χ2v) is 9.17. The quantitative estimate of drug-likeness (QED) is 0.749. The summed E-state index contributed by atoms with van der Waals surface area (Å²) in [6, 6.07) is -2.54. The van der Waals surface area contributed by atoms with Crippen LogP contribution in [0.2, 0.25) is 0 Å². The van der Waals surface area contributed by atoms with Gasteiger partial charge in [0, 0.05) is 6.04 Å². The number of carbonyl (C=O) groups excluding carboxylic acids is 2. The minimum Gasteiger partial charge on any atom is -0.444 e. The van der Waals surface area contributed by atoms with Crippen LogP contribution in [0.15, 0.2) is 0 Å². The maximum Gasteiger partial charge on any atom is 0.416 e. The molecule has 9 heteroatoms. The van der Waals surface area contributed by atoms with Crippen LogP contribution in [-0.4, -0.2) is 58.0 Å². The molecule has 162 valence electrons. The minimum atomic E-state index is -4.85. The Kier molecular flexibility index (Phi) is 6.57. The molecule has 28 heavy (non-hydrogen) atoms. The first kappa shape index (κ1) is 22.8. The lowest BCUT2D eigenvalue weighted by Gasteiger charge is -2.50. The molecule has 3 fully saturated rings. The van der Waals surface area contributed by atoms with Gasteiger partial charge in [-0.25, -0.2) is 4.79 Å². The average molecular weight is 408 g/mol. The SMILES string of the molecule is CC(C)C(NC(=O)[C@@H]1C2CCC(CC2)N1C(=O)OC(C)(C)C)C(O)C(F)(F)F. The molecule has 6 nitrogen and oxygen atoms in total. The lowest BCUT2D eigenvalue weighted by molar-refractivity contribution is -0.215. The van der Waals surface area contributed by atoms with E-state index in [0.29, 0.717) is 0 Å². The van der Waals surface area contributed by atoms with Gasteiger partial charge in [-0.05, 0) is 58.3 Å². The monoisotopic (exact) mass is 408 g/mol. The van der Waals surface area contributed by atoms with Gasteiger partial charge in [0.1, 0.15) is 11.6 Å². The zero-order chi connectivity index (χ0) is 21.4. The van der Waals surface area contributed by atoms with Crippen molar-refractivity contribution >= 4 is 12.0 Å². The van der Waals surface area contributed by atoms with Crippen LogP contribution in [0, 0.1) is 11.8 Å². The van der Waals surface area contributed by atoms with E-state index in [1.165, 1.54) is 18.7 Å². The zero-order valence-electron chi connectivity index (χ0n) is 17.0. The third kappa shape index (κ3) is 5.10. The Morgan fingerprint density at radius 2 is 1.64 bits per heavy atom. The van der Waals surface area contributed by atoms with Gasteiger partial charge < -0.3 is 15.2 Å². The third-order valence-corrected chi connectivity index (χ3v) is 5.46. The maximum atomic E-state index is 13.0. The molecule has 1 aliphatic carbocycles. The van der Waals surface area contributed by atoms with Crippen LogP contribution in [0.25, 0.3) is 0 Å². The Bertz CT molecular complexity index is 581. The molecule has 2 saturated heterocycles. The van der Waals surface area contributed by atoms with E-state index >= 15 is 0 Å². The topological polar surface area (TPSA) is 78.9 Å². The second kappa shape index (κ2) is 8.08. The van der Waals surface area contributed by atoms with Gasteiger partial charge in [0.25, 0.3) is 0 Å². The number of amides is 2. The number of aliphatic hydroxyl groups is 1. The Morgan fingerprint density at radius 3 is 2.07 bits per heavy atom. The lowest BCUT2D eigenvalue weighted by atomic mass is 9.74. The van der Waals surface area contributed by atoms with Gasteiger partial charge in [-0.3, -0.25) is 9.69 Å². The molecule has 3 atom stereocenters. The number of piperidine rings is 2. The van der Waals surface area contributed by atoms with Crippen molar-refractivity contribution in [1.82, 2.24) is 10.2 Å². The van der Waals surface area contributed by atoms with Crippen LogP contribution in [0.4, 0.5) is 18.0 Å². The molecule has 2 aliphatic heterocycles. The number of nitrogens with one attached hydrogen (secondary N) is 1. The highest BCUT2D eigenvalue weighted by Crippen LogP contribution is 2.40. The number of hydrogen-bond donors (Lipinski definition) is 2. The molecule has 0 aromatic rings. The fourth-order valence-corrected chi connectivity index (χ4v) is 4.13. The van der Waals surface area contributed by atoms with Crippen molar-refractivity contribution in [3.05, 3.63) is 0 Å². The summed E-state index contributed by atoms with van der Waals surface area (Å²) >= 11 is 0. The maximum absolute atomic E-state index is 13.0. The summed E-state index contributed by atoms with van der Waals surface area (Å²) in [6.45, 7) is 8.15. The normalized spacial score (nSPS) is 27.5. The van der Waals surface area contributed by atoms with E-state index in [1.54, 1.807) is 20.8 Å². The average Bonchev–Trinajstić information content (AvgIpc) is 2.56. The van der Waals surface area contributed by atoms with E-state index in [0.717, 1.165) is 25.7 Å². The van der Waals surface area contributed by atoms with Crippen LogP contribution >= 0.6 is 0 Å². The highest BCUT2D eigenvalue weighted by molar-refractivity contribution is 5.87. The highest BCUT2D eigenvalue weighted by Gasteiger charge is 2.51. The molecular weight excluding hydrogens is 377 g/mol. The predicted octanol–water partition coefficient (Wildman–Crippen LogP) is 3.23. The van der Waals surface area contributed by atoms with E-state index in [1.807, 2.05) is 0 Å². The molecule has 2 heterocycles. The molecule has 2 amide bonds. The van der Waals surface area contributed by atoms with E-state index in [4.69, 9.17) is 4.74 Å². The van der Waals surface area contributed by atoms with E-state index < -0.39 is 47.9 Å². The Morgan fingerprint density at radius 1 is 1.11 bits per heavy atom. The summed E-state index contributed by atoms with van der Waals surface area (Å²) < 4.78 is 44.5. The fourth-order valence-electron chi connectivity index (χ4n) is 4.13. The summed E-state index contributed by atoms with van der Waals surface area (Å²) in [5.74, 6) is -1.44. The van der Waals surface area contributed by atoms with Crippen molar-refractivity contribution in [1.29, 1.82) is 0 Å². The van der Waals surface area contributed by atoms with Crippen LogP contribution in [0.5, 0.6) is 0 Å². The number of halogens is 3. The molecule has 2 unspecified atom stereocenters. The molecule has 1 saturated carbocycles. The zero-order valence-corrected chi connectivity index (χ0v) is 17.0. The standard InChI is InChI=1S/C19H31F3N2O4/c1-10(2)13(15(25)19(20,21)22)23-16(26)14-11-6-8-12(9-7-11)24(14)17(27)28-18(3,4)5/h10-15,25H,6-9H2,1-5H3,(H,23,26)/t11?,12?,13?,14-,15?/m0/s1. The highest BCUT2D eigenvalue weighted by atomic mass is 19.4. The first-order chi connectivity index (χ1) is 12.7. The Labute approximate surface area is 163 Å². The van der Waals surface area contributed by atoms with Crippen molar-refractivity contribution in [2.24, 2.45) is 11.8 Å². The van der Waals surface area contributed by atoms with E-state index in [-0.39, 0.29) is 12.0 Å². The number of alkyl halides is 3. The van der Waals surface area contributed by atoms with Gasteiger partial charge in [0.15, 0.2) is 6.10 Å². The van der Waals surface area contributed by atoms with Crippen LogP contribution in [-0.2, 0) is 9.53 Å². The van der Waals surface area contributed by atoms with Crippen LogP contribution in [0.3, 0.4) is 0 Å². The molecule has 0 spiro atoms. The summed E-state index contributed by atoms with van der Waals surface area (Å²) in [6.07, 6.45) is -5.20. The summed E-state index contributed by atoms with van der Waals surface area (Å²) in [4.78, 5) is 27.1. The lowest BCUT2D eigenvalue weighted by Crippen LogP contribution is -2.65. The van der Waals surface area contributed by atoms with Crippen molar-refractivity contribution in [2.45, 2.75) is 96.3 Å². The first-order valence-electron chi connectivity index (χ1n) is 9.79. The first-order valence-corrected chi connectivity index (χ1v) is 9.79. The third-order valence-electron chi connectivity index (χ3n) is 5.46. The van der Waals surface area contributed by atoms with Gasteiger partial charge in [0.05, 0.1) is 6.04 Å². The smallest absolute Gasteiger partial charge is 0.416 e. The van der Waals surface area contributed by atoms with E-state index in [9.17, 15) is 27.9 Å². The van der Waals surface area contributed by atoms with Gasteiger partial charge in [-0.15, -0.1) is 0 Å². The molecule has 0 radical (unpaired) electrons. The van der Waals surface area contributed by atoms with Gasteiger partial charge in [0.2, 0.25) is 5.91 Å². The molecule has 3 rings (SSSR count). The number of ether oxygens (including phenoxy) is 1. The summed E-state index contributed by atoms with van der Waals surface area (Å²) in [7, 11) is 0. The molecule has 2 bridgehead atoms. The van der Waals surface area contributed by atoms with Crippen molar-refractivity contribution in [3.8, 4) is 0 Å². The molecular formula is C19H31F3N2O4. The van der Waals surface area contributed by atoms with Gasteiger partial charge in [-0.1, -0.05) is 13.8 Å². The van der Waals surface area contributed by atoms with Crippen LogP contribution in [0.1, 0.15) is 60.3 Å². The number of aliphatic hydroxyl groups excluding tert-OH is 1. The number of carbonyl (C=O) groups is 2. The number of rotatable bonds is 4. The van der Waals surface area contributed by atoms with Gasteiger partial charge in [-0.2, -0.15) is 13.2 Å². The largest absolute Gasteiger partial charge is 0.444 e. The summed E-state index contributed by atoms with van der Waals surface area (Å²) in [5.41, 5.74) is -0.748.